The number of rotatable bonds is 21. The summed E-state index contributed by atoms with van der Waals surface area (Å²) in [6, 6.07) is 4.07. The highest BCUT2D eigenvalue weighted by Crippen LogP contribution is 2.23. The van der Waals surface area contributed by atoms with E-state index in [1.165, 1.54) is 47.7 Å². The lowest BCUT2D eigenvalue weighted by Gasteiger charge is -2.41. The number of hydrogen-bond acceptors (Lipinski definition) is 6. The Hall–Kier alpha value is -4.22. The highest BCUT2D eigenvalue weighted by Gasteiger charge is 2.43. The van der Waals surface area contributed by atoms with Crippen LogP contribution in [0.3, 0.4) is 0 Å². The lowest BCUT2D eigenvalue weighted by molar-refractivity contribution is -0.158. The van der Waals surface area contributed by atoms with Gasteiger partial charge in [0, 0.05) is 48.1 Å². The van der Waals surface area contributed by atoms with Crippen LogP contribution in [0.1, 0.15) is 86.1 Å². The van der Waals surface area contributed by atoms with Gasteiger partial charge in [0.05, 0.1) is 0 Å². The molecule has 0 aromatic heterocycles. The van der Waals surface area contributed by atoms with Gasteiger partial charge in [0.2, 0.25) is 29.5 Å². The van der Waals surface area contributed by atoms with E-state index in [-0.39, 0.29) is 36.0 Å². The lowest BCUT2D eigenvalue weighted by atomic mass is 9.94. The van der Waals surface area contributed by atoms with Crippen LogP contribution in [0.25, 0.3) is 0 Å². The molecule has 0 saturated carbocycles. The Balaban J connectivity index is 3.26. The van der Waals surface area contributed by atoms with Crippen LogP contribution in [0.5, 0.6) is 0 Å². The molecule has 0 spiro atoms. The van der Waals surface area contributed by atoms with Crippen LogP contribution < -0.4 is 0 Å². The molecule has 0 unspecified atom stereocenters. The first-order valence-corrected chi connectivity index (χ1v) is 18.4. The highest BCUT2D eigenvalue weighted by atomic mass is 16.4. The van der Waals surface area contributed by atoms with Crippen molar-refractivity contribution in [2.75, 3.05) is 35.2 Å². The molecular formula is C40H65N5O7. The molecule has 5 atom stereocenters. The van der Waals surface area contributed by atoms with Crippen molar-refractivity contribution in [2.45, 2.75) is 117 Å². The third-order valence-corrected chi connectivity index (χ3v) is 9.95. The summed E-state index contributed by atoms with van der Waals surface area (Å²) in [6.07, 6.45) is 5.68. The van der Waals surface area contributed by atoms with Gasteiger partial charge in [0.25, 0.3) is 0 Å². The average molecular weight is 728 g/mol. The quantitative estimate of drug-likeness (QED) is 0.145. The predicted molar refractivity (Wildman–Crippen MR) is 204 cm³/mol. The monoisotopic (exact) mass is 727 g/mol. The van der Waals surface area contributed by atoms with Crippen LogP contribution in [-0.4, -0.2) is 131 Å². The van der Waals surface area contributed by atoms with Crippen molar-refractivity contribution in [1.82, 2.24) is 24.5 Å². The molecule has 0 aliphatic heterocycles. The van der Waals surface area contributed by atoms with Crippen molar-refractivity contribution in [2.24, 2.45) is 17.8 Å². The summed E-state index contributed by atoms with van der Waals surface area (Å²) in [4.78, 5) is 88.1. The van der Waals surface area contributed by atoms with E-state index in [0.717, 1.165) is 29.7 Å². The summed E-state index contributed by atoms with van der Waals surface area (Å²) >= 11 is 0. The molecule has 1 N–H and O–H groups in total. The smallest absolute Gasteiger partial charge is 0.326 e. The van der Waals surface area contributed by atoms with Gasteiger partial charge < -0.3 is 29.6 Å². The van der Waals surface area contributed by atoms with Crippen LogP contribution in [0.15, 0.2) is 43.0 Å². The Morgan fingerprint density at radius 2 is 1.06 bits per heavy atom. The fourth-order valence-electron chi connectivity index (χ4n) is 6.70. The predicted octanol–water partition coefficient (Wildman–Crippen LogP) is 4.57. The molecule has 12 heteroatoms. The number of carboxylic acids is 1. The number of likely N-dealkylation sites (N-methyl/N-ethyl adjacent to an activating group) is 5. The van der Waals surface area contributed by atoms with E-state index in [1.54, 1.807) is 52.2 Å². The van der Waals surface area contributed by atoms with Gasteiger partial charge in [-0.05, 0) is 49.5 Å². The second kappa shape index (κ2) is 21.3. The van der Waals surface area contributed by atoms with E-state index < -0.39 is 53.9 Å². The van der Waals surface area contributed by atoms with Gasteiger partial charge >= 0.3 is 5.97 Å². The minimum absolute atomic E-state index is 0.0925. The van der Waals surface area contributed by atoms with Gasteiger partial charge in [-0.15, -0.1) is 6.58 Å². The Labute approximate surface area is 312 Å². The van der Waals surface area contributed by atoms with Crippen molar-refractivity contribution in [3.8, 4) is 0 Å². The minimum atomic E-state index is -1.17. The molecule has 0 bridgehead atoms. The molecule has 0 heterocycles. The maximum absolute atomic E-state index is 14.3. The summed E-state index contributed by atoms with van der Waals surface area (Å²) < 4.78 is 0. The number of allylic oxidation sites excluding steroid dienone is 1. The summed E-state index contributed by atoms with van der Waals surface area (Å²) in [6.45, 7) is 16.2. The Bertz CT molecular complexity index is 1370. The molecule has 1 aromatic rings. The summed E-state index contributed by atoms with van der Waals surface area (Å²) in [5.41, 5.74) is 0.752. The first-order chi connectivity index (χ1) is 24.2. The summed E-state index contributed by atoms with van der Waals surface area (Å²) in [5, 5.41) is 9.97. The van der Waals surface area contributed by atoms with Crippen LogP contribution in [0.4, 0.5) is 0 Å². The molecule has 1 rings (SSSR count). The van der Waals surface area contributed by atoms with Gasteiger partial charge in [-0.2, -0.15) is 0 Å². The molecule has 12 nitrogen and oxygen atoms in total. The molecule has 0 saturated heterocycles. The number of hydrogen-bond donors (Lipinski definition) is 1. The number of nitrogens with zero attached hydrogens (tertiary/aromatic N) is 5. The number of carbonyl (C=O) groups is 6. The number of unbranched alkanes of at least 4 members (excludes halogenated alkanes) is 3. The lowest BCUT2D eigenvalue weighted by Crippen LogP contribution is -2.61. The Morgan fingerprint density at radius 3 is 1.48 bits per heavy atom. The van der Waals surface area contributed by atoms with E-state index in [9.17, 15) is 33.9 Å². The molecule has 1 aromatic carbocycles. The van der Waals surface area contributed by atoms with Crippen molar-refractivity contribution in [3.63, 3.8) is 0 Å². The molecule has 5 amide bonds. The maximum atomic E-state index is 14.3. The van der Waals surface area contributed by atoms with E-state index in [2.05, 4.69) is 6.58 Å². The summed E-state index contributed by atoms with van der Waals surface area (Å²) in [5.74, 6) is -4.12. The van der Waals surface area contributed by atoms with Crippen molar-refractivity contribution in [3.05, 3.63) is 48.6 Å². The standard InChI is InChI=1S/C40H65N5O7/c1-14-15-16-17-21-24-32(46)43(11)33(26(2)3)38(49)45(13)35(28(6)7)39(50)44(12)34(27(4)5)37(48)41(9)29(8)36(47)42(10)31(40(51)52)25-30-22-19-18-20-23-30/h14,18-20,22-23,26-29,31,33-35H,1,15-17,21,24-25H2,2-13H3,(H,51,52)/t29-,31-,33-,34-,35-/m0/s1. The number of aliphatic carboxylic acids is 1. The van der Waals surface area contributed by atoms with Crippen molar-refractivity contribution in [1.29, 1.82) is 0 Å². The molecule has 0 aliphatic rings. The summed E-state index contributed by atoms with van der Waals surface area (Å²) in [7, 11) is 7.59. The SMILES string of the molecule is C=CCCCCCC(=O)N(C)[C@H](C(=O)N(C)[C@H](C(=O)N(C)[C@H](C(=O)N(C)[C@@H](C)C(=O)N(C)[C@@H](Cc1ccccc1)C(=O)O)C(C)C)C(C)C)C(C)C. The van der Waals surface area contributed by atoms with E-state index in [4.69, 9.17) is 0 Å². The third kappa shape index (κ3) is 12.2. The zero-order chi connectivity index (χ0) is 40.0. The molecule has 292 valence electrons. The van der Waals surface area contributed by atoms with E-state index >= 15 is 0 Å². The number of carboxylic acid groups (broad SMARTS) is 1. The molecular weight excluding hydrogens is 662 g/mol. The zero-order valence-electron chi connectivity index (χ0n) is 33.7. The van der Waals surface area contributed by atoms with Crippen LogP contribution in [-0.2, 0) is 35.2 Å². The molecule has 52 heavy (non-hydrogen) atoms. The van der Waals surface area contributed by atoms with Crippen LogP contribution in [0.2, 0.25) is 0 Å². The fourth-order valence-corrected chi connectivity index (χ4v) is 6.70. The van der Waals surface area contributed by atoms with Crippen molar-refractivity contribution < 1.29 is 33.9 Å². The zero-order valence-corrected chi connectivity index (χ0v) is 33.7. The van der Waals surface area contributed by atoms with Gasteiger partial charge in [-0.1, -0.05) is 84.4 Å². The highest BCUT2D eigenvalue weighted by molar-refractivity contribution is 5.96. The first kappa shape index (κ1) is 45.8. The van der Waals surface area contributed by atoms with Crippen molar-refractivity contribution >= 4 is 35.5 Å². The van der Waals surface area contributed by atoms with Crippen LogP contribution in [0, 0.1) is 17.8 Å². The van der Waals surface area contributed by atoms with E-state index in [1.807, 2.05) is 39.8 Å². The third-order valence-electron chi connectivity index (χ3n) is 9.95. The topological polar surface area (TPSA) is 139 Å². The molecule has 0 fully saturated rings. The number of benzene rings is 1. The second-order valence-corrected chi connectivity index (χ2v) is 15.0. The van der Waals surface area contributed by atoms with Gasteiger partial charge in [-0.3, -0.25) is 24.0 Å². The largest absolute Gasteiger partial charge is 0.480 e. The fraction of sp³-hybridized carbons (Fsp3) is 0.650. The second-order valence-electron chi connectivity index (χ2n) is 15.0. The normalized spacial score (nSPS) is 14.2. The maximum Gasteiger partial charge on any atom is 0.326 e. The Kier molecular flexibility index (Phi) is 18.8. The number of carbonyl (C=O) groups excluding carboxylic acids is 5. The van der Waals surface area contributed by atoms with Gasteiger partial charge in [-0.25, -0.2) is 4.79 Å². The minimum Gasteiger partial charge on any atom is -0.480 e. The average Bonchev–Trinajstić information content (AvgIpc) is 3.08. The van der Waals surface area contributed by atoms with Crippen LogP contribution >= 0.6 is 0 Å². The Morgan fingerprint density at radius 1 is 0.615 bits per heavy atom. The first-order valence-electron chi connectivity index (χ1n) is 18.4. The molecule has 0 aliphatic carbocycles. The van der Waals surface area contributed by atoms with Gasteiger partial charge in [0.1, 0.15) is 30.2 Å². The molecule has 0 radical (unpaired) electrons. The van der Waals surface area contributed by atoms with E-state index in [0.29, 0.717) is 12.8 Å². The van der Waals surface area contributed by atoms with Gasteiger partial charge in [0.15, 0.2) is 0 Å². The number of amides is 5.